The van der Waals surface area contributed by atoms with Crippen molar-refractivity contribution in [3.63, 3.8) is 0 Å². The van der Waals surface area contributed by atoms with Crippen molar-refractivity contribution in [3.8, 4) is 0 Å². The number of carboxylic acids is 1. The zero-order chi connectivity index (χ0) is 14.3. The van der Waals surface area contributed by atoms with Crippen molar-refractivity contribution in [2.75, 3.05) is 11.9 Å². The Balaban J connectivity index is 2.49. The molecule has 0 aromatic heterocycles. The first-order chi connectivity index (χ1) is 8.99. The van der Waals surface area contributed by atoms with Gasteiger partial charge in [0.25, 0.3) is 0 Å². The third-order valence-electron chi connectivity index (χ3n) is 2.52. The Morgan fingerprint density at radius 3 is 2.37 bits per heavy atom. The van der Waals surface area contributed by atoms with E-state index >= 15 is 0 Å². The Bertz CT molecular complexity index is 418. The minimum Gasteiger partial charge on any atom is -0.480 e. The summed E-state index contributed by atoms with van der Waals surface area (Å²) in [5, 5.41) is 14.6. The van der Waals surface area contributed by atoms with E-state index < -0.39 is 12.0 Å². The molecule has 19 heavy (non-hydrogen) atoms. The molecule has 0 aliphatic rings. The number of rotatable bonds is 7. The van der Waals surface area contributed by atoms with Crippen molar-refractivity contribution in [1.82, 2.24) is 5.32 Å². The lowest BCUT2D eigenvalue weighted by Gasteiger charge is -2.15. The fourth-order valence-electron chi connectivity index (χ4n) is 1.54. The molecular weight excluding hydrogens is 244 g/mol. The van der Waals surface area contributed by atoms with E-state index in [1.54, 1.807) is 24.3 Å². The predicted molar refractivity (Wildman–Crippen MR) is 74.0 cm³/mol. The summed E-state index contributed by atoms with van der Waals surface area (Å²) < 4.78 is 0. The second kappa shape index (κ2) is 7.53. The molecule has 0 radical (unpaired) electrons. The number of carbonyl (C=O) groups excluding carboxylic acids is 1. The molecule has 104 valence electrons. The largest absolute Gasteiger partial charge is 0.480 e. The lowest BCUT2D eigenvalue weighted by Crippen LogP contribution is -2.41. The first-order valence-electron chi connectivity index (χ1n) is 6.30. The third-order valence-corrected chi connectivity index (χ3v) is 2.52. The van der Waals surface area contributed by atoms with Crippen molar-refractivity contribution < 1.29 is 14.7 Å². The molecule has 3 N–H and O–H groups in total. The van der Waals surface area contributed by atoms with Crippen molar-refractivity contribution in [1.29, 1.82) is 0 Å². The first-order valence-corrected chi connectivity index (χ1v) is 6.30. The lowest BCUT2D eigenvalue weighted by molar-refractivity contribution is -0.141. The van der Waals surface area contributed by atoms with Gasteiger partial charge in [-0.2, -0.15) is 0 Å². The summed E-state index contributed by atoms with van der Waals surface area (Å²) in [6, 6.07) is 8.12. The summed E-state index contributed by atoms with van der Waals surface area (Å²) in [6.45, 7) is 4.53. The zero-order valence-corrected chi connectivity index (χ0v) is 11.2. The number of carboxylic acid groups (broad SMARTS) is 1. The smallest absolute Gasteiger partial charge is 0.321 e. The standard InChI is InChI=1S/C14H20N2O3/c1-10(2)9-15-12(14(18)19)8-13(17)16-11-6-4-3-5-7-11/h3-7,10,12,15H,8-9H2,1-2H3,(H,16,17)(H,18,19)/t12-/m0/s1. The number of para-hydroxylation sites is 1. The van der Waals surface area contributed by atoms with Gasteiger partial charge in [-0.3, -0.25) is 9.59 Å². The quantitative estimate of drug-likeness (QED) is 0.700. The van der Waals surface area contributed by atoms with Gasteiger partial charge < -0.3 is 15.7 Å². The minimum atomic E-state index is -1.01. The summed E-state index contributed by atoms with van der Waals surface area (Å²) in [5.41, 5.74) is 0.667. The Morgan fingerprint density at radius 2 is 1.84 bits per heavy atom. The molecule has 5 heteroatoms. The number of aliphatic carboxylic acids is 1. The van der Waals surface area contributed by atoms with E-state index in [2.05, 4.69) is 10.6 Å². The first kappa shape index (κ1) is 15.2. The van der Waals surface area contributed by atoms with E-state index in [-0.39, 0.29) is 12.3 Å². The van der Waals surface area contributed by atoms with Crippen LogP contribution in [-0.4, -0.2) is 29.6 Å². The Kier molecular flexibility index (Phi) is 6.02. The molecule has 0 saturated carbocycles. The number of amides is 1. The Labute approximate surface area is 113 Å². The fourth-order valence-corrected chi connectivity index (χ4v) is 1.54. The van der Waals surface area contributed by atoms with Crippen LogP contribution in [0.25, 0.3) is 0 Å². The van der Waals surface area contributed by atoms with Gasteiger partial charge >= 0.3 is 5.97 Å². The Hall–Kier alpha value is -1.88. The topological polar surface area (TPSA) is 78.4 Å². The van der Waals surface area contributed by atoms with Gasteiger partial charge in [-0.1, -0.05) is 32.0 Å². The molecule has 0 unspecified atom stereocenters. The summed E-state index contributed by atoms with van der Waals surface area (Å²) >= 11 is 0. The van der Waals surface area contributed by atoms with E-state index in [0.717, 1.165) is 0 Å². The van der Waals surface area contributed by atoms with Gasteiger partial charge in [-0.15, -0.1) is 0 Å². The van der Waals surface area contributed by atoms with Crippen LogP contribution in [-0.2, 0) is 9.59 Å². The monoisotopic (exact) mass is 264 g/mol. The van der Waals surface area contributed by atoms with Crippen LogP contribution in [0.5, 0.6) is 0 Å². The van der Waals surface area contributed by atoms with Crippen molar-refractivity contribution in [3.05, 3.63) is 30.3 Å². The maximum atomic E-state index is 11.8. The highest BCUT2D eigenvalue weighted by molar-refractivity contribution is 5.93. The van der Waals surface area contributed by atoms with E-state index in [4.69, 9.17) is 5.11 Å². The molecule has 0 saturated heterocycles. The van der Waals surface area contributed by atoms with Crippen LogP contribution in [0.1, 0.15) is 20.3 Å². The van der Waals surface area contributed by atoms with E-state index in [1.165, 1.54) is 0 Å². The molecule has 0 heterocycles. The molecule has 0 aliphatic carbocycles. The van der Waals surface area contributed by atoms with Crippen LogP contribution in [0.2, 0.25) is 0 Å². The second-order valence-electron chi connectivity index (χ2n) is 4.81. The molecule has 0 spiro atoms. The number of anilines is 1. The van der Waals surface area contributed by atoms with Gasteiger partial charge in [-0.05, 0) is 24.6 Å². The van der Waals surface area contributed by atoms with Gasteiger partial charge in [0.2, 0.25) is 5.91 Å². The average molecular weight is 264 g/mol. The molecule has 1 aromatic rings. The van der Waals surface area contributed by atoms with Crippen molar-refractivity contribution in [2.45, 2.75) is 26.3 Å². The molecule has 1 aromatic carbocycles. The van der Waals surface area contributed by atoms with Crippen molar-refractivity contribution >= 4 is 17.6 Å². The highest BCUT2D eigenvalue weighted by Gasteiger charge is 2.20. The van der Waals surface area contributed by atoms with Crippen LogP contribution in [0.4, 0.5) is 5.69 Å². The molecule has 0 fully saturated rings. The molecule has 0 aliphatic heterocycles. The maximum Gasteiger partial charge on any atom is 0.321 e. The van der Waals surface area contributed by atoms with Crippen LogP contribution in [0, 0.1) is 5.92 Å². The highest BCUT2D eigenvalue weighted by atomic mass is 16.4. The van der Waals surface area contributed by atoms with Gasteiger partial charge in [-0.25, -0.2) is 0 Å². The Morgan fingerprint density at radius 1 is 1.21 bits per heavy atom. The lowest BCUT2D eigenvalue weighted by atomic mass is 10.1. The number of hydrogen-bond donors (Lipinski definition) is 3. The average Bonchev–Trinajstić information content (AvgIpc) is 2.35. The summed E-state index contributed by atoms with van der Waals surface area (Å²) in [5.74, 6) is -0.988. The summed E-state index contributed by atoms with van der Waals surface area (Å²) in [6.07, 6.45) is -0.0864. The molecule has 0 bridgehead atoms. The minimum absolute atomic E-state index is 0.0864. The molecule has 1 atom stereocenters. The number of nitrogens with one attached hydrogen (secondary N) is 2. The van der Waals surface area contributed by atoms with E-state index in [1.807, 2.05) is 19.9 Å². The SMILES string of the molecule is CC(C)CN[C@@H](CC(=O)Nc1ccccc1)C(=O)O. The van der Waals surface area contributed by atoms with E-state index in [0.29, 0.717) is 18.2 Å². The van der Waals surface area contributed by atoms with Gasteiger partial charge in [0.15, 0.2) is 0 Å². The van der Waals surface area contributed by atoms with Crippen LogP contribution in [0.15, 0.2) is 30.3 Å². The third kappa shape index (κ3) is 6.01. The maximum absolute atomic E-state index is 11.8. The van der Waals surface area contributed by atoms with Gasteiger partial charge in [0.1, 0.15) is 6.04 Å². The predicted octanol–water partition coefficient (Wildman–Crippen LogP) is 1.71. The van der Waals surface area contributed by atoms with Crippen LogP contribution in [0.3, 0.4) is 0 Å². The zero-order valence-electron chi connectivity index (χ0n) is 11.2. The molecular formula is C14H20N2O3. The van der Waals surface area contributed by atoms with Gasteiger partial charge in [0, 0.05) is 5.69 Å². The molecule has 1 amide bonds. The number of benzene rings is 1. The molecule has 5 nitrogen and oxygen atoms in total. The highest BCUT2D eigenvalue weighted by Crippen LogP contribution is 2.06. The fraction of sp³-hybridized carbons (Fsp3) is 0.429. The summed E-state index contributed by atoms with van der Waals surface area (Å²) in [7, 11) is 0. The van der Waals surface area contributed by atoms with E-state index in [9.17, 15) is 9.59 Å². The number of carbonyl (C=O) groups is 2. The number of hydrogen-bond acceptors (Lipinski definition) is 3. The second-order valence-corrected chi connectivity index (χ2v) is 4.81. The van der Waals surface area contributed by atoms with Crippen LogP contribution >= 0.6 is 0 Å². The normalized spacial score (nSPS) is 12.2. The molecule has 1 rings (SSSR count). The van der Waals surface area contributed by atoms with Crippen LogP contribution < -0.4 is 10.6 Å². The summed E-state index contributed by atoms with van der Waals surface area (Å²) in [4.78, 5) is 22.8. The van der Waals surface area contributed by atoms with Gasteiger partial charge in [0.05, 0.1) is 6.42 Å². The van der Waals surface area contributed by atoms with Crippen molar-refractivity contribution in [2.24, 2.45) is 5.92 Å².